The van der Waals surface area contributed by atoms with Gasteiger partial charge in [0.15, 0.2) is 6.61 Å². The Bertz CT molecular complexity index is 745. The molecule has 1 aromatic heterocycles. The number of ether oxygens (including phenoxy) is 1. The van der Waals surface area contributed by atoms with Gasteiger partial charge >= 0.3 is 0 Å². The molecule has 2 amide bonds. The van der Waals surface area contributed by atoms with E-state index in [1.165, 1.54) is 17.1 Å². The van der Waals surface area contributed by atoms with Crippen LogP contribution in [0.3, 0.4) is 0 Å². The lowest BCUT2D eigenvalue weighted by atomic mass is 9.94. The highest BCUT2D eigenvalue weighted by Gasteiger charge is 2.40. The van der Waals surface area contributed by atoms with Crippen molar-refractivity contribution in [1.82, 2.24) is 20.2 Å². The van der Waals surface area contributed by atoms with Crippen molar-refractivity contribution in [3.63, 3.8) is 0 Å². The molecular weight excluding hydrogens is 324 g/mol. The number of benzene rings is 1. The van der Waals surface area contributed by atoms with Gasteiger partial charge in [-0.1, -0.05) is 18.2 Å². The third kappa shape index (κ3) is 4.23. The second-order valence-corrected chi connectivity index (χ2v) is 5.66. The Kier molecular flexibility index (Phi) is 5.08. The van der Waals surface area contributed by atoms with Crippen LogP contribution in [0.5, 0.6) is 5.75 Å². The lowest BCUT2D eigenvalue weighted by Gasteiger charge is -2.37. The maximum atomic E-state index is 11.9. The average Bonchev–Trinajstić information content (AvgIpc) is 3.17. The minimum atomic E-state index is -0.637. The number of para-hydroxylation sites is 1. The molecule has 1 aromatic carbocycles. The predicted molar refractivity (Wildman–Crippen MR) is 87.9 cm³/mol. The molecule has 130 valence electrons. The van der Waals surface area contributed by atoms with Crippen LogP contribution in [0.2, 0.25) is 0 Å². The van der Waals surface area contributed by atoms with Gasteiger partial charge in [-0.15, -0.1) is 0 Å². The molecule has 2 N–H and O–H groups in total. The molecule has 0 unspecified atom stereocenters. The summed E-state index contributed by atoms with van der Waals surface area (Å²) >= 11 is 0. The average molecular weight is 342 g/mol. The van der Waals surface area contributed by atoms with E-state index >= 15 is 0 Å². The molecule has 0 radical (unpaired) electrons. The molecule has 8 nitrogen and oxygen atoms in total. The van der Waals surface area contributed by atoms with Gasteiger partial charge in [-0.3, -0.25) is 19.0 Å². The Morgan fingerprint density at radius 1 is 1.28 bits per heavy atom. The quantitative estimate of drug-likeness (QED) is 0.708. The van der Waals surface area contributed by atoms with Crippen LogP contribution in [-0.4, -0.2) is 46.0 Å². The first-order chi connectivity index (χ1) is 12.1. The second-order valence-electron chi connectivity index (χ2n) is 5.66. The third-order valence-corrected chi connectivity index (χ3v) is 3.90. The van der Waals surface area contributed by atoms with Crippen molar-refractivity contribution in [2.24, 2.45) is 0 Å². The number of nitrogens with one attached hydrogen (secondary N) is 2. The molecule has 2 atom stereocenters. The maximum Gasteiger partial charge on any atom is 0.258 e. The van der Waals surface area contributed by atoms with E-state index in [-0.39, 0.29) is 36.8 Å². The lowest BCUT2D eigenvalue weighted by molar-refractivity contribution is -0.137. The van der Waals surface area contributed by atoms with Gasteiger partial charge in [0.05, 0.1) is 6.04 Å². The Hall–Kier alpha value is -3.16. The first-order valence-corrected chi connectivity index (χ1v) is 7.92. The summed E-state index contributed by atoms with van der Waals surface area (Å²) in [6, 6.07) is 8.05. The molecule has 0 aliphatic carbocycles. The summed E-state index contributed by atoms with van der Waals surface area (Å²) in [5.74, 6) is -0.169. The van der Waals surface area contributed by atoms with Crippen LogP contribution in [0.1, 0.15) is 17.6 Å². The van der Waals surface area contributed by atoms with Crippen molar-refractivity contribution >= 4 is 17.7 Å². The molecule has 1 fully saturated rings. The molecule has 2 heterocycles. The molecule has 2 aromatic rings. The van der Waals surface area contributed by atoms with Crippen LogP contribution in [0, 0.1) is 0 Å². The molecule has 8 heteroatoms. The van der Waals surface area contributed by atoms with E-state index in [2.05, 4.69) is 15.6 Å². The highest BCUT2D eigenvalue weighted by atomic mass is 16.5. The number of carbonyl (C=O) groups excluding carboxylic acids is 3. The van der Waals surface area contributed by atoms with E-state index in [1.54, 1.807) is 30.5 Å². The van der Waals surface area contributed by atoms with Gasteiger partial charge in [0.25, 0.3) is 5.91 Å². The molecule has 1 aliphatic heterocycles. The summed E-state index contributed by atoms with van der Waals surface area (Å²) in [5, 5.41) is 5.34. The molecule has 0 bridgehead atoms. The summed E-state index contributed by atoms with van der Waals surface area (Å²) in [6.07, 6.45) is 5.21. The Balaban J connectivity index is 1.43. The number of carbonyl (C=O) groups is 3. The Morgan fingerprint density at radius 3 is 2.76 bits per heavy atom. The Labute approximate surface area is 144 Å². The number of aromatic nitrogens is 2. The molecule has 1 saturated heterocycles. The standard InChI is InChI=1S/C17H18N4O4/c22-14(10-25-12-4-2-1-3-5-12)20-16-13(19-17(16)24)6-7-15(23)21-9-8-18-11-21/h1-5,8-9,11,13,16H,6-7,10H2,(H,19,24)(H,20,22)/t13-,16+/m1/s1. The predicted octanol–water partition coefficient (Wildman–Crippen LogP) is 0.366. The van der Waals surface area contributed by atoms with Crippen LogP contribution < -0.4 is 15.4 Å². The molecule has 25 heavy (non-hydrogen) atoms. The molecule has 0 saturated carbocycles. The van der Waals surface area contributed by atoms with Crippen molar-refractivity contribution in [1.29, 1.82) is 0 Å². The number of amides is 2. The fourth-order valence-corrected chi connectivity index (χ4v) is 2.54. The molecular formula is C17H18N4O4. The Morgan fingerprint density at radius 2 is 2.08 bits per heavy atom. The number of nitrogens with zero attached hydrogens (tertiary/aromatic N) is 2. The van der Waals surface area contributed by atoms with Crippen molar-refractivity contribution in [3.8, 4) is 5.75 Å². The van der Waals surface area contributed by atoms with E-state index in [0.717, 1.165) is 0 Å². The van der Waals surface area contributed by atoms with Crippen LogP contribution in [0.4, 0.5) is 0 Å². The normalized spacial score (nSPS) is 18.8. The molecule has 1 aliphatic rings. The molecule has 3 rings (SSSR count). The van der Waals surface area contributed by atoms with E-state index in [4.69, 9.17) is 4.74 Å². The monoisotopic (exact) mass is 342 g/mol. The minimum absolute atomic E-state index is 0.115. The van der Waals surface area contributed by atoms with Crippen molar-refractivity contribution in [2.45, 2.75) is 24.9 Å². The van der Waals surface area contributed by atoms with Crippen LogP contribution >= 0.6 is 0 Å². The summed E-state index contributed by atoms with van der Waals surface area (Å²) in [7, 11) is 0. The summed E-state index contributed by atoms with van der Waals surface area (Å²) in [5.41, 5.74) is 0. The summed E-state index contributed by atoms with van der Waals surface area (Å²) in [6.45, 7) is -0.172. The van der Waals surface area contributed by atoms with Crippen LogP contribution in [0.25, 0.3) is 0 Å². The second kappa shape index (κ2) is 7.61. The topological polar surface area (TPSA) is 102 Å². The van der Waals surface area contributed by atoms with Crippen molar-refractivity contribution in [2.75, 3.05) is 6.61 Å². The smallest absolute Gasteiger partial charge is 0.258 e. The number of hydrogen-bond acceptors (Lipinski definition) is 5. The van der Waals surface area contributed by atoms with E-state index in [1.807, 2.05) is 6.07 Å². The SMILES string of the molecule is O=C(COc1ccccc1)N[C@@H]1C(=O)N[C@@H]1CCC(=O)n1ccnc1. The maximum absolute atomic E-state index is 11.9. The van der Waals surface area contributed by atoms with E-state index in [0.29, 0.717) is 12.2 Å². The lowest BCUT2D eigenvalue weighted by Crippen LogP contribution is -2.69. The number of β-lactam (4-membered cyclic amide) rings is 1. The van der Waals surface area contributed by atoms with Gasteiger partial charge < -0.3 is 15.4 Å². The van der Waals surface area contributed by atoms with Crippen molar-refractivity contribution in [3.05, 3.63) is 49.1 Å². The fraction of sp³-hybridized carbons (Fsp3) is 0.294. The largest absolute Gasteiger partial charge is 0.484 e. The van der Waals surface area contributed by atoms with Gasteiger partial charge in [-0.25, -0.2) is 4.98 Å². The zero-order valence-corrected chi connectivity index (χ0v) is 13.4. The fourth-order valence-electron chi connectivity index (χ4n) is 2.54. The highest BCUT2D eigenvalue weighted by molar-refractivity contribution is 5.93. The minimum Gasteiger partial charge on any atom is -0.484 e. The van der Waals surface area contributed by atoms with Gasteiger partial charge in [-0.05, 0) is 18.6 Å². The van der Waals surface area contributed by atoms with E-state index < -0.39 is 6.04 Å². The zero-order chi connectivity index (χ0) is 17.6. The highest BCUT2D eigenvalue weighted by Crippen LogP contribution is 2.14. The van der Waals surface area contributed by atoms with Crippen LogP contribution in [0.15, 0.2) is 49.1 Å². The summed E-state index contributed by atoms with van der Waals surface area (Å²) in [4.78, 5) is 39.3. The van der Waals surface area contributed by atoms with Gasteiger partial charge in [-0.2, -0.15) is 0 Å². The van der Waals surface area contributed by atoms with Gasteiger partial charge in [0, 0.05) is 18.8 Å². The summed E-state index contributed by atoms with van der Waals surface area (Å²) < 4.78 is 6.74. The van der Waals surface area contributed by atoms with Crippen LogP contribution in [-0.2, 0) is 9.59 Å². The van der Waals surface area contributed by atoms with Gasteiger partial charge in [0.2, 0.25) is 11.8 Å². The number of rotatable bonds is 7. The van der Waals surface area contributed by atoms with Gasteiger partial charge in [0.1, 0.15) is 18.1 Å². The number of hydrogen-bond donors (Lipinski definition) is 2. The first-order valence-electron chi connectivity index (χ1n) is 7.92. The zero-order valence-electron chi connectivity index (χ0n) is 13.4. The van der Waals surface area contributed by atoms with Crippen molar-refractivity contribution < 1.29 is 19.1 Å². The first kappa shape index (κ1) is 16.7. The molecule has 0 spiro atoms. The third-order valence-electron chi connectivity index (χ3n) is 3.90. The van der Waals surface area contributed by atoms with E-state index in [9.17, 15) is 14.4 Å². The number of imidazole rings is 1.